The van der Waals surface area contributed by atoms with Crippen molar-refractivity contribution in [3.63, 3.8) is 0 Å². The third-order valence-electron chi connectivity index (χ3n) is 2.23. The average molecular weight is 237 g/mol. The van der Waals surface area contributed by atoms with Crippen LogP contribution in [0.1, 0.15) is 16.8 Å². The summed E-state index contributed by atoms with van der Waals surface area (Å²) in [4.78, 5) is 21.9. The highest BCUT2D eigenvalue weighted by atomic mass is 16.6. The fourth-order valence-electron chi connectivity index (χ4n) is 1.39. The van der Waals surface area contributed by atoms with Crippen LogP contribution in [0.15, 0.2) is 24.3 Å². The van der Waals surface area contributed by atoms with E-state index >= 15 is 0 Å². The van der Waals surface area contributed by atoms with Crippen molar-refractivity contribution in [2.45, 2.75) is 6.42 Å². The smallest absolute Gasteiger partial charge is 0.282 e. The Bertz CT molecular complexity index is 407. The van der Waals surface area contributed by atoms with Gasteiger partial charge in [0, 0.05) is 12.6 Å². The molecule has 0 spiro atoms. The molecule has 0 aliphatic heterocycles. The van der Waals surface area contributed by atoms with Crippen molar-refractivity contribution in [2.24, 2.45) is 0 Å². The van der Waals surface area contributed by atoms with E-state index in [1.54, 1.807) is 6.07 Å². The second-order valence-corrected chi connectivity index (χ2v) is 3.49. The molecule has 0 atom stereocenters. The van der Waals surface area contributed by atoms with Crippen LogP contribution in [0.2, 0.25) is 0 Å². The maximum absolute atomic E-state index is 11.7. The van der Waals surface area contributed by atoms with Gasteiger partial charge in [0.2, 0.25) is 0 Å². The van der Waals surface area contributed by atoms with E-state index in [0.29, 0.717) is 6.54 Å². The van der Waals surface area contributed by atoms with E-state index < -0.39 is 10.8 Å². The molecule has 6 nitrogen and oxygen atoms in total. The maximum Gasteiger partial charge on any atom is 0.282 e. The summed E-state index contributed by atoms with van der Waals surface area (Å²) in [5, 5.41) is 16.3. The molecule has 1 aromatic carbocycles. The average Bonchev–Trinajstić information content (AvgIpc) is 2.34. The number of nitrogens with zero attached hydrogens (tertiary/aromatic N) is 1. The molecule has 92 valence electrons. The number of benzene rings is 1. The van der Waals surface area contributed by atoms with Crippen LogP contribution in [0, 0.1) is 10.1 Å². The summed E-state index contributed by atoms with van der Waals surface area (Å²) < 4.78 is 0. The van der Waals surface area contributed by atoms with E-state index in [4.69, 9.17) is 0 Å². The van der Waals surface area contributed by atoms with E-state index in [0.717, 1.165) is 13.0 Å². The molecule has 0 saturated heterocycles. The van der Waals surface area contributed by atoms with Crippen molar-refractivity contribution in [1.29, 1.82) is 0 Å². The van der Waals surface area contributed by atoms with Gasteiger partial charge in [0.25, 0.3) is 11.6 Å². The summed E-state index contributed by atoms with van der Waals surface area (Å²) in [5.74, 6) is -0.409. The van der Waals surface area contributed by atoms with Crippen molar-refractivity contribution < 1.29 is 9.72 Å². The molecule has 0 bridgehead atoms. The molecule has 6 heteroatoms. The first kappa shape index (κ1) is 13.1. The van der Waals surface area contributed by atoms with E-state index in [1.807, 2.05) is 7.05 Å². The monoisotopic (exact) mass is 237 g/mol. The van der Waals surface area contributed by atoms with Crippen LogP contribution >= 0.6 is 0 Å². The first-order valence-electron chi connectivity index (χ1n) is 5.33. The highest BCUT2D eigenvalue weighted by Gasteiger charge is 2.18. The summed E-state index contributed by atoms with van der Waals surface area (Å²) in [5.41, 5.74) is -0.0689. The van der Waals surface area contributed by atoms with Crippen molar-refractivity contribution in [1.82, 2.24) is 10.6 Å². The van der Waals surface area contributed by atoms with Gasteiger partial charge in [0.15, 0.2) is 0 Å². The third kappa shape index (κ3) is 3.84. The number of amides is 1. The van der Waals surface area contributed by atoms with Gasteiger partial charge in [-0.1, -0.05) is 12.1 Å². The van der Waals surface area contributed by atoms with Crippen LogP contribution in [0.4, 0.5) is 5.69 Å². The minimum Gasteiger partial charge on any atom is -0.352 e. The topological polar surface area (TPSA) is 84.3 Å². The molecule has 0 heterocycles. The minimum atomic E-state index is -0.553. The Balaban J connectivity index is 2.65. The van der Waals surface area contributed by atoms with Gasteiger partial charge < -0.3 is 10.6 Å². The summed E-state index contributed by atoms with van der Waals surface area (Å²) in [6.07, 6.45) is 0.781. The standard InChI is InChI=1S/C11H15N3O3/c1-12-7-4-8-13-11(15)9-5-2-3-6-10(9)14(16)17/h2-3,5-6,12H,4,7-8H2,1H3,(H,13,15). The van der Waals surface area contributed by atoms with Crippen LogP contribution in [0.25, 0.3) is 0 Å². The molecule has 0 aliphatic rings. The minimum absolute atomic E-state index is 0.0990. The molecule has 0 aliphatic carbocycles. The zero-order valence-electron chi connectivity index (χ0n) is 9.60. The lowest BCUT2D eigenvalue weighted by Crippen LogP contribution is -2.27. The molecule has 0 unspecified atom stereocenters. The highest BCUT2D eigenvalue weighted by molar-refractivity contribution is 5.98. The highest BCUT2D eigenvalue weighted by Crippen LogP contribution is 2.16. The Morgan fingerprint density at radius 1 is 1.35 bits per heavy atom. The third-order valence-corrected chi connectivity index (χ3v) is 2.23. The molecule has 1 aromatic rings. The zero-order valence-corrected chi connectivity index (χ0v) is 9.60. The Labute approximate surface area is 99.2 Å². The van der Waals surface area contributed by atoms with Crippen molar-refractivity contribution in [2.75, 3.05) is 20.1 Å². The van der Waals surface area contributed by atoms with Gasteiger partial charge in [0.05, 0.1) is 4.92 Å². The summed E-state index contributed by atoms with van der Waals surface area (Å²) in [6.45, 7) is 1.28. The van der Waals surface area contributed by atoms with Crippen molar-refractivity contribution >= 4 is 11.6 Å². The first-order chi connectivity index (χ1) is 8.16. The number of nitrogens with one attached hydrogen (secondary N) is 2. The molecule has 0 fully saturated rings. The van der Waals surface area contributed by atoms with Crippen LogP contribution < -0.4 is 10.6 Å². The molecule has 0 radical (unpaired) electrons. The lowest BCUT2D eigenvalue weighted by molar-refractivity contribution is -0.385. The molecular formula is C11H15N3O3. The Morgan fingerprint density at radius 3 is 2.71 bits per heavy atom. The maximum atomic E-state index is 11.7. The van der Waals surface area contributed by atoms with E-state index in [-0.39, 0.29) is 11.3 Å². The number of carbonyl (C=O) groups excluding carboxylic acids is 1. The normalized spacial score (nSPS) is 9.94. The predicted octanol–water partition coefficient (Wildman–Crippen LogP) is 0.934. The van der Waals surface area contributed by atoms with Gasteiger partial charge in [-0.3, -0.25) is 14.9 Å². The number of nitro groups is 1. The number of hydrogen-bond donors (Lipinski definition) is 2. The number of hydrogen-bond acceptors (Lipinski definition) is 4. The zero-order chi connectivity index (χ0) is 12.7. The Kier molecular flexibility index (Phi) is 5.09. The van der Waals surface area contributed by atoms with Crippen LogP contribution in [0.3, 0.4) is 0 Å². The molecule has 1 rings (SSSR count). The number of para-hydroxylation sites is 1. The molecule has 17 heavy (non-hydrogen) atoms. The summed E-state index contributed by atoms with van der Waals surface area (Å²) >= 11 is 0. The summed E-state index contributed by atoms with van der Waals surface area (Å²) in [7, 11) is 1.82. The van der Waals surface area contributed by atoms with Gasteiger partial charge in [-0.2, -0.15) is 0 Å². The SMILES string of the molecule is CNCCCNC(=O)c1ccccc1[N+](=O)[O-]. The lowest BCUT2D eigenvalue weighted by atomic mass is 10.1. The molecule has 0 aromatic heterocycles. The Hall–Kier alpha value is -1.95. The van der Waals surface area contributed by atoms with Gasteiger partial charge in [-0.15, -0.1) is 0 Å². The largest absolute Gasteiger partial charge is 0.352 e. The Morgan fingerprint density at radius 2 is 2.06 bits per heavy atom. The second kappa shape index (κ2) is 6.59. The number of nitro benzene ring substituents is 1. The fraction of sp³-hybridized carbons (Fsp3) is 0.364. The summed E-state index contributed by atoms with van der Waals surface area (Å²) in [6, 6.07) is 5.92. The number of rotatable bonds is 6. The molecule has 2 N–H and O–H groups in total. The van der Waals surface area contributed by atoms with Crippen molar-refractivity contribution in [3.8, 4) is 0 Å². The molecule has 1 amide bonds. The molecule has 0 saturated carbocycles. The fourth-order valence-corrected chi connectivity index (χ4v) is 1.39. The number of carbonyl (C=O) groups is 1. The van der Waals surface area contributed by atoms with E-state index in [1.165, 1.54) is 18.2 Å². The lowest BCUT2D eigenvalue weighted by Gasteiger charge is -2.05. The second-order valence-electron chi connectivity index (χ2n) is 3.49. The van der Waals surface area contributed by atoms with Crippen LogP contribution in [-0.2, 0) is 0 Å². The predicted molar refractivity (Wildman–Crippen MR) is 64.0 cm³/mol. The quantitative estimate of drug-likeness (QED) is 0.438. The molecular weight excluding hydrogens is 222 g/mol. The van der Waals surface area contributed by atoms with E-state index in [2.05, 4.69) is 10.6 Å². The van der Waals surface area contributed by atoms with Gasteiger partial charge in [-0.25, -0.2) is 0 Å². The van der Waals surface area contributed by atoms with Gasteiger partial charge >= 0.3 is 0 Å². The first-order valence-corrected chi connectivity index (χ1v) is 5.33. The van der Waals surface area contributed by atoms with Gasteiger partial charge in [-0.05, 0) is 26.1 Å². The van der Waals surface area contributed by atoms with Gasteiger partial charge in [0.1, 0.15) is 5.56 Å². The van der Waals surface area contributed by atoms with Crippen molar-refractivity contribution in [3.05, 3.63) is 39.9 Å². The van der Waals surface area contributed by atoms with Crippen LogP contribution in [0.5, 0.6) is 0 Å². The van der Waals surface area contributed by atoms with E-state index in [9.17, 15) is 14.9 Å². The van der Waals surface area contributed by atoms with Crippen LogP contribution in [-0.4, -0.2) is 31.0 Å².